The molecule has 1 N–H and O–H groups in total. The molecule has 0 saturated heterocycles. The maximum atomic E-state index is 13.0. The monoisotopic (exact) mass is 379 g/mol. The van der Waals surface area contributed by atoms with Gasteiger partial charge in [-0.25, -0.2) is 0 Å². The molecule has 0 aromatic heterocycles. The summed E-state index contributed by atoms with van der Waals surface area (Å²) in [5.41, 5.74) is -0.552. The standard InChI is InChI=1S/C20H20F3NO3/c1-13(2)27-17-10-8-14(12-18(17)26-3)9-11-19(25)24-16-7-5-4-6-15(16)20(21,22)23/h4-13H,1-3H3,(H,24,25). The third-order valence-electron chi connectivity index (χ3n) is 3.47. The van der Waals surface area contributed by atoms with Gasteiger partial charge in [0.25, 0.3) is 0 Å². The highest BCUT2D eigenvalue weighted by molar-refractivity contribution is 6.02. The van der Waals surface area contributed by atoms with E-state index in [0.717, 1.165) is 12.1 Å². The molecule has 1 amide bonds. The van der Waals surface area contributed by atoms with E-state index in [1.54, 1.807) is 18.2 Å². The highest BCUT2D eigenvalue weighted by Gasteiger charge is 2.33. The first-order valence-corrected chi connectivity index (χ1v) is 8.20. The van der Waals surface area contributed by atoms with Crippen molar-refractivity contribution in [3.63, 3.8) is 0 Å². The number of hydrogen-bond donors (Lipinski definition) is 1. The van der Waals surface area contributed by atoms with Crippen LogP contribution in [0.15, 0.2) is 48.5 Å². The first kappa shape index (κ1) is 20.4. The number of ether oxygens (including phenoxy) is 2. The van der Waals surface area contributed by atoms with Crippen molar-refractivity contribution in [2.75, 3.05) is 12.4 Å². The summed E-state index contributed by atoms with van der Waals surface area (Å²) in [6.45, 7) is 3.77. The lowest BCUT2D eigenvalue weighted by molar-refractivity contribution is -0.136. The van der Waals surface area contributed by atoms with Crippen molar-refractivity contribution in [3.05, 3.63) is 59.7 Å². The highest BCUT2D eigenvalue weighted by atomic mass is 19.4. The van der Waals surface area contributed by atoms with E-state index in [4.69, 9.17) is 9.47 Å². The third kappa shape index (κ3) is 5.77. The van der Waals surface area contributed by atoms with Crippen LogP contribution in [0.25, 0.3) is 6.08 Å². The lowest BCUT2D eigenvalue weighted by atomic mass is 10.1. The Labute approximate surface area is 155 Å². The lowest BCUT2D eigenvalue weighted by Crippen LogP contribution is -2.14. The van der Waals surface area contributed by atoms with Crippen molar-refractivity contribution < 1.29 is 27.4 Å². The summed E-state index contributed by atoms with van der Waals surface area (Å²) in [6, 6.07) is 9.90. The van der Waals surface area contributed by atoms with Gasteiger partial charge in [0.2, 0.25) is 5.91 Å². The van der Waals surface area contributed by atoms with Gasteiger partial charge in [0.15, 0.2) is 11.5 Å². The molecule has 0 saturated carbocycles. The van der Waals surface area contributed by atoms with Crippen LogP contribution >= 0.6 is 0 Å². The van der Waals surface area contributed by atoms with E-state index in [0.29, 0.717) is 17.1 Å². The van der Waals surface area contributed by atoms with Crippen LogP contribution < -0.4 is 14.8 Å². The predicted molar refractivity (Wildman–Crippen MR) is 97.9 cm³/mol. The molecule has 0 spiro atoms. The van der Waals surface area contributed by atoms with E-state index in [2.05, 4.69) is 5.32 Å². The van der Waals surface area contributed by atoms with Crippen LogP contribution in [-0.4, -0.2) is 19.1 Å². The van der Waals surface area contributed by atoms with Crippen LogP contribution in [0, 0.1) is 0 Å². The lowest BCUT2D eigenvalue weighted by Gasteiger charge is -2.14. The first-order chi connectivity index (χ1) is 12.7. The number of nitrogens with one attached hydrogen (secondary N) is 1. The topological polar surface area (TPSA) is 47.6 Å². The molecule has 0 radical (unpaired) electrons. The van der Waals surface area contributed by atoms with Crippen LogP contribution in [0.5, 0.6) is 11.5 Å². The molecule has 0 aliphatic rings. The summed E-state index contributed by atoms with van der Waals surface area (Å²) in [5.74, 6) is 0.384. The Morgan fingerprint density at radius 1 is 1.11 bits per heavy atom. The molecule has 0 fully saturated rings. The molecular formula is C20H20F3NO3. The van der Waals surface area contributed by atoms with Crippen LogP contribution in [0.3, 0.4) is 0 Å². The Balaban J connectivity index is 2.14. The average Bonchev–Trinajstić information content (AvgIpc) is 2.60. The molecule has 0 heterocycles. The number of halogens is 3. The Bertz CT molecular complexity index is 829. The number of methoxy groups -OCH3 is 1. The van der Waals surface area contributed by atoms with Gasteiger partial charge < -0.3 is 14.8 Å². The number of carbonyl (C=O) groups is 1. The molecule has 7 heteroatoms. The van der Waals surface area contributed by atoms with E-state index in [9.17, 15) is 18.0 Å². The largest absolute Gasteiger partial charge is 0.493 e. The fraction of sp³-hybridized carbons (Fsp3) is 0.250. The molecule has 0 bridgehead atoms. The van der Waals surface area contributed by atoms with E-state index in [1.165, 1.54) is 31.4 Å². The van der Waals surface area contributed by atoms with Gasteiger partial charge in [-0.2, -0.15) is 13.2 Å². The SMILES string of the molecule is COc1cc(C=CC(=O)Nc2ccccc2C(F)(F)F)ccc1OC(C)C. The van der Waals surface area contributed by atoms with E-state index in [1.807, 2.05) is 13.8 Å². The molecule has 0 atom stereocenters. The number of benzene rings is 2. The number of para-hydroxylation sites is 1. The van der Waals surface area contributed by atoms with Crippen molar-refractivity contribution in [2.24, 2.45) is 0 Å². The van der Waals surface area contributed by atoms with E-state index < -0.39 is 17.6 Å². The maximum absolute atomic E-state index is 13.0. The Morgan fingerprint density at radius 3 is 2.44 bits per heavy atom. The molecule has 4 nitrogen and oxygen atoms in total. The number of rotatable bonds is 6. The van der Waals surface area contributed by atoms with Gasteiger partial charge in [-0.1, -0.05) is 18.2 Å². The summed E-state index contributed by atoms with van der Waals surface area (Å²) >= 11 is 0. The second-order valence-electron chi connectivity index (χ2n) is 5.94. The van der Waals surface area contributed by atoms with Crippen molar-refractivity contribution >= 4 is 17.7 Å². The van der Waals surface area contributed by atoms with Crippen LogP contribution in [0.1, 0.15) is 25.0 Å². The van der Waals surface area contributed by atoms with Crippen molar-refractivity contribution in [1.82, 2.24) is 0 Å². The number of alkyl halides is 3. The molecule has 2 aromatic rings. The quantitative estimate of drug-likeness (QED) is 0.706. The van der Waals surface area contributed by atoms with Gasteiger partial charge in [-0.05, 0) is 49.8 Å². The fourth-order valence-corrected chi connectivity index (χ4v) is 2.32. The molecular weight excluding hydrogens is 359 g/mol. The molecule has 2 aromatic carbocycles. The molecule has 27 heavy (non-hydrogen) atoms. The third-order valence-corrected chi connectivity index (χ3v) is 3.47. The van der Waals surface area contributed by atoms with E-state index in [-0.39, 0.29) is 11.8 Å². The van der Waals surface area contributed by atoms with Gasteiger partial charge in [0.1, 0.15) is 0 Å². The van der Waals surface area contributed by atoms with Gasteiger partial charge in [-0.15, -0.1) is 0 Å². The van der Waals surface area contributed by atoms with Crippen molar-refractivity contribution in [2.45, 2.75) is 26.1 Å². The van der Waals surface area contributed by atoms with E-state index >= 15 is 0 Å². The number of amides is 1. The fourth-order valence-electron chi connectivity index (χ4n) is 2.32. The normalized spacial score (nSPS) is 11.7. The molecule has 2 rings (SSSR count). The second-order valence-corrected chi connectivity index (χ2v) is 5.94. The summed E-state index contributed by atoms with van der Waals surface area (Å²) in [5, 5.41) is 2.25. The van der Waals surface area contributed by atoms with Gasteiger partial charge in [0.05, 0.1) is 24.5 Å². The van der Waals surface area contributed by atoms with Gasteiger partial charge in [0, 0.05) is 6.08 Å². The van der Waals surface area contributed by atoms with Gasteiger partial charge >= 0.3 is 6.18 Å². The smallest absolute Gasteiger partial charge is 0.418 e. The highest BCUT2D eigenvalue weighted by Crippen LogP contribution is 2.34. The minimum atomic E-state index is -4.55. The molecule has 144 valence electrons. The summed E-state index contributed by atoms with van der Waals surface area (Å²) in [4.78, 5) is 12.0. The molecule has 0 aliphatic heterocycles. The summed E-state index contributed by atoms with van der Waals surface area (Å²) in [7, 11) is 1.50. The zero-order valence-corrected chi connectivity index (χ0v) is 15.1. The molecule has 0 unspecified atom stereocenters. The number of hydrogen-bond acceptors (Lipinski definition) is 3. The average molecular weight is 379 g/mol. The number of anilines is 1. The predicted octanol–water partition coefficient (Wildman–Crippen LogP) is 5.15. The summed E-state index contributed by atoms with van der Waals surface area (Å²) < 4.78 is 49.8. The zero-order chi connectivity index (χ0) is 20.0. The molecule has 0 aliphatic carbocycles. The van der Waals surface area contributed by atoms with Crippen LogP contribution in [-0.2, 0) is 11.0 Å². The summed E-state index contributed by atoms with van der Waals surface area (Å²) in [6.07, 6.45) is -1.94. The maximum Gasteiger partial charge on any atom is 0.418 e. The van der Waals surface area contributed by atoms with Crippen molar-refractivity contribution in [1.29, 1.82) is 0 Å². The minimum Gasteiger partial charge on any atom is -0.493 e. The van der Waals surface area contributed by atoms with Crippen LogP contribution in [0.4, 0.5) is 18.9 Å². The minimum absolute atomic E-state index is 0.0280. The first-order valence-electron chi connectivity index (χ1n) is 8.20. The Morgan fingerprint density at radius 2 is 1.81 bits per heavy atom. The Hall–Kier alpha value is -2.96. The van der Waals surface area contributed by atoms with Crippen molar-refractivity contribution in [3.8, 4) is 11.5 Å². The second kappa shape index (κ2) is 8.62. The van der Waals surface area contributed by atoms with Gasteiger partial charge in [-0.3, -0.25) is 4.79 Å². The zero-order valence-electron chi connectivity index (χ0n) is 15.1. The Kier molecular flexibility index (Phi) is 6.50. The van der Waals surface area contributed by atoms with Crippen LogP contribution in [0.2, 0.25) is 0 Å². The number of carbonyl (C=O) groups excluding carboxylic acids is 1.